The van der Waals surface area contributed by atoms with E-state index in [9.17, 15) is 0 Å². The molecule has 0 bridgehead atoms. The van der Waals surface area contributed by atoms with Crippen LogP contribution in [0.3, 0.4) is 0 Å². The second-order valence-electron chi connectivity index (χ2n) is 4.08. The molecule has 108 valence electrons. The molecule has 9 nitrogen and oxygen atoms in total. The van der Waals surface area contributed by atoms with Gasteiger partial charge in [-0.3, -0.25) is 0 Å². The van der Waals surface area contributed by atoms with E-state index in [2.05, 4.69) is 25.1 Å². The molecule has 10 heteroatoms. The fraction of sp³-hybridized carbons (Fsp3) is 0.182. The Kier molecular flexibility index (Phi) is 3.69. The summed E-state index contributed by atoms with van der Waals surface area (Å²) < 4.78 is 7.18. The highest BCUT2D eigenvalue weighted by Crippen LogP contribution is 2.20. The van der Waals surface area contributed by atoms with Crippen LogP contribution in [0.1, 0.15) is 11.6 Å². The van der Waals surface area contributed by atoms with E-state index < -0.39 is 0 Å². The number of hydrogen-bond donors (Lipinski definition) is 2. The van der Waals surface area contributed by atoms with Crippen molar-refractivity contribution in [3.63, 3.8) is 0 Å². The Balaban J connectivity index is 1.69. The van der Waals surface area contributed by atoms with Crippen molar-refractivity contribution < 1.29 is 4.42 Å². The topological polar surface area (TPSA) is 135 Å². The molecule has 21 heavy (non-hydrogen) atoms. The summed E-state index contributed by atoms with van der Waals surface area (Å²) in [6.07, 6.45) is 3.27. The quantitative estimate of drug-likeness (QED) is 0.648. The second-order valence-corrected chi connectivity index (χ2v) is 5.02. The number of anilines is 2. The van der Waals surface area contributed by atoms with Gasteiger partial charge < -0.3 is 20.5 Å². The van der Waals surface area contributed by atoms with Crippen LogP contribution in [0.15, 0.2) is 34.3 Å². The zero-order valence-electron chi connectivity index (χ0n) is 10.9. The first kappa shape index (κ1) is 13.4. The number of hydrogen-bond acceptors (Lipinski definition) is 9. The van der Waals surface area contributed by atoms with Gasteiger partial charge in [0.15, 0.2) is 5.16 Å². The van der Waals surface area contributed by atoms with E-state index in [4.69, 9.17) is 15.9 Å². The molecule has 4 N–H and O–H groups in total. The Hall–Kier alpha value is -2.62. The summed E-state index contributed by atoms with van der Waals surface area (Å²) in [6.45, 7) is 0.559. The summed E-state index contributed by atoms with van der Waals surface area (Å²) in [5.41, 5.74) is 11.1. The third-order valence-corrected chi connectivity index (χ3v) is 3.51. The number of nitrogens with zero attached hydrogens (tertiary/aromatic N) is 6. The van der Waals surface area contributed by atoms with Gasteiger partial charge in [0.1, 0.15) is 17.9 Å². The Morgan fingerprint density at radius 1 is 1.19 bits per heavy atom. The lowest BCUT2D eigenvalue weighted by atomic mass is 10.4. The maximum Gasteiger partial charge on any atom is 0.225 e. The van der Waals surface area contributed by atoms with Crippen LogP contribution in [0.5, 0.6) is 0 Å². The van der Waals surface area contributed by atoms with Crippen molar-refractivity contribution in [2.75, 3.05) is 11.5 Å². The lowest BCUT2D eigenvalue weighted by Gasteiger charge is -2.04. The lowest BCUT2D eigenvalue weighted by Crippen LogP contribution is -2.06. The summed E-state index contributed by atoms with van der Waals surface area (Å²) in [5.74, 6) is 2.00. The molecule has 3 aromatic rings. The van der Waals surface area contributed by atoms with Crippen molar-refractivity contribution in [1.29, 1.82) is 0 Å². The van der Waals surface area contributed by atoms with E-state index in [0.29, 0.717) is 18.1 Å². The molecule has 0 amide bonds. The van der Waals surface area contributed by atoms with Gasteiger partial charge in [-0.15, -0.1) is 10.2 Å². The zero-order valence-corrected chi connectivity index (χ0v) is 11.7. The monoisotopic (exact) mass is 304 g/mol. The minimum atomic E-state index is 0.107. The van der Waals surface area contributed by atoms with Gasteiger partial charge in [-0.25, -0.2) is 0 Å². The Morgan fingerprint density at radius 2 is 2.00 bits per heavy atom. The van der Waals surface area contributed by atoms with Crippen LogP contribution < -0.4 is 11.5 Å². The molecule has 0 spiro atoms. The third-order valence-electron chi connectivity index (χ3n) is 2.53. The van der Waals surface area contributed by atoms with E-state index in [1.165, 1.54) is 11.8 Å². The van der Waals surface area contributed by atoms with Crippen LogP contribution in [0.2, 0.25) is 0 Å². The SMILES string of the molecule is Nc1nc(N)nc(CSc2nncn2Cc2ccco2)n1. The second kappa shape index (κ2) is 5.79. The summed E-state index contributed by atoms with van der Waals surface area (Å²) in [7, 11) is 0. The van der Waals surface area contributed by atoms with E-state index in [-0.39, 0.29) is 11.9 Å². The average Bonchev–Trinajstić information content (AvgIpc) is 3.08. The highest BCUT2D eigenvalue weighted by molar-refractivity contribution is 7.98. The van der Waals surface area contributed by atoms with Gasteiger partial charge in [-0.05, 0) is 12.1 Å². The maximum absolute atomic E-state index is 5.53. The molecule has 0 atom stereocenters. The largest absolute Gasteiger partial charge is 0.467 e. The molecule has 3 aromatic heterocycles. The molecule has 0 saturated heterocycles. The number of furan rings is 1. The predicted octanol–water partition coefficient (Wildman–Crippen LogP) is 0.561. The minimum Gasteiger partial charge on any atom is -0.467 e. The summed E-state index contributed by atoms with van der Waals surface area (Å²) in [6, 6.07) is 3.73. The summed E-state index contributed by atoms with van der Waals surface area (Å²) >= 11 is 1.43. The lowest BCUT2D eigenvalue weighted by molar-refractivity contribution is 0.484. The summed E-state index contributed by atoms with van der Waals surface area (Å²) in [4.78, 5) is 11.8. The van der Waals surface area contributed by atoms with Crippen molar-refractivity contribution in [1.82, 2.24) is 29.7 Å². The van der Waals surface area contributed by atoms with Crippen LogP contribution in [0.25, 0.3) is 0 Å². The Morgan fingerprint density at radius 3 is 2.71 bits per heavy atom. The molecule has 0 aliphatic heterocycles. The fourth-order valence-electron chi connectivity index (χ4n) is 1.69. The standard InChI is InChI=1S/C11H12N8OS/c12-9-15-8(16-10(13)17-9)5-21-11-18-14-6-19(11)4-7-2-1-3-20-7/h1-3,6H,4-5H2,(H4,12,13,15,16,17). The number of nitrogen functional groups attached to an aromatic ring is 2. The van der Waals surface area contributed by atoms with Crippen molar-refractivity contribution in [3.8, 4) is 0 Å². The average molecular weight is 304 g/mol. The number of nitrogens with two attached hydrogens (primary N) is 2. The maximum atomic E-state index is 5.53. The van der Waals surface area contributed by atoms with Gasteiger partial charge in [-0.2, -0.15) is 15.0 Å². The number of aromatic nitrogens is 6. The van der Waals surface area contributed by atoms with Crippen molar-refractivity contribution in [2.45, 2.75) is 17.5 Å². The van der Waals surface area contributed by atoms with Gasteiger partial charge >= 0.3 is 0 Å². The Labute approximate surface area is 123 Å². The minimum absolute atomic E-state index is 0.107. The molecule has 0 aliphatic carbocycles. The van der Waals surface area contributed by atoms with Crippen LogP contribution in [0.4, 0.5) is 11.9 Å². The highest BCUT2D eigenvalue weighted by Gasteiger charge is 2.09. The van der Waals surface area contributed by atoms with E-state index in [0.717, 1.165) is 10.9 Å². The first-order valence-corrected chi connectivity index (χ1v) is 6.98. The van der Waals surface area contributed by atoms with Crippen molar-refractivity contribution in [2.24, 2.45) is 0 Å². The smallest absolute Gasteiger partial charge is 0.225 e. The molecule has 3 heterocycles. The van der Waals surface area contributed by atoms with E-state index in [1.807, 2.05) is 16.7 Å². The molecular weight excluding hydrogens is 292 g/mol. The zero-order chi connectivity index (χ0) is 14.7. The van der Waals surface area contributed by atoms with Crippen LogP contribution >= 0.6 is 11.8 Å². The normalized spacial score (nSPS) is 10.9. The van der Waals surface area contributed by atoms with Gasteiger partial charge in [-0.1, -0.05) is 11.8 Å². The Bertz CT molecular complexity index is 705. The molecule has 0 unspecified atom stereocenters. The third kappa shape index (κ3) is 3.28. The molecule has 3 rings (SSSR count). The van der Waals surface area contributed by atoms with Crippen LogP contribution in [-0.4, -0.2) is 29.7 Å². The molecular formula is C11H12N8OS. The number of rotatable bonds is 5. The molecule has 0 radical (unpaired) electrons. The predicted molar refractivity (Wildman–Crippen MR) is 76.0 cm³/mol. The van der Waals surface area contributed by atoms with Gasteiger partial charge in [0, 0.05) is 0 Å². The van der Waals surface area contributed by atoms with E-state index in [1.54, 1.807) is 12.6 Å². The van der Waals surface area contributed by atoms with Crippen molar-refractivity contribution >= 4 is 23.7 Å². The van der Waals surface area contributed by atoms with Crippen LogP contribution in [-0.2, 0) is 12.3 Å². The van der Waals surface area contributed by atoms with Crippen molar-refractivity contribution in [3.05, 3.63) is 36.3 Å². The molecule has 0 aliphatic rings. The van der Waals surface area contributed by atoms with E-state index >= 15 is 0 Å². The molecule has 0 aromatic carbocycles. The van der Waals surface area contributed by atoms with Gasteiger partial charge in [0.2, 0.25) is 11.9 Å². The molecule has 0 fully saturated rings. The fourth-order valence-corrected chi connectivity index (χ4v) is 2.46. The highest BCUT2D eigenvalue weighted by atomic mass is 32.2. The van der Waals surface area contributed by atoms with Crippen LogP contribution in [0, 0.1) is 0 Å². The summed E-state index contributed by atoms with van der Waals surface area (Å²) in [5, 5.41) is 8.68. The van der Waals surface area contributed by atoms with Gasteiger partial charge in [0.05, 0.1) is 18.6 Å². The molecule has 0 saturated carbocycles. The number of thioether (sulfide) groups is 1. The van der Waals surface area contributed by atoms with Gasteiger partial charge in [0.25, 0.3) is 0 Å². The first-order chi connectivity index (χ1) is 10.2. The first-order valence-electron chi connectivity index (χ1n) is 5.99.